The molecule has 0 saturated heterocycles. The molecule has 2 aromatic heterocycles. The third-order valence-corrected chi connectivity index (χ3v) is 3.82. The molecule has 3 rings (SSSR count). The molecule has 0 aliphatic carbocycles. The third-order valence-electron chi connectivity index (χ3n) is 2.73. The highest BCUT2D eigenvalue weighted by atomic mass is 32.2. The molecular weight excluding hydrogens is 298 g/mol. The summed E-state index contributed by atoms with van der Waals surface area (Å²) in [5.41, 5.74) is 0. The molecule has 0 unspecified atom stereocenters. The van der Waals surface area contributed by atoms with E-state index in [2.05, 4.69) is 10.1 Å². The second-order valence-corrected chi connectivity index (χ2v) is 5.68. The van der Waals surface area contributed by atoms with Gasteiger partial charge in [-0.25, -0.2) is 8.78 Å². The van der Waals surface area contributed by atoms with Crippen molar-refractivity contribution < 1.29 is 17.7 Å². The smallest absolute Gasteiger partial charge is 0.240 e. The number of halogens is 2. The van der Waals surface area contributed by atoms with Gasteiger partial charge in [0.05, 0.1) is 11.5 Å². The van der Waals surface area contributed by atoms with Crippen LogP contribution in [0.25, 0.3) is 11.6 Å². The number of hydrogen-bond donors (Lipinski definition) is 0. The predicted molar refractivity (Wildman–Crippen MR) is 72.6 cm³/mol. The maximum Gasteiger partial charge on any atom is 0.240 e. The summed E-state index contributed by atoms with van der Waals surface area (Å²) in [4.78, 5) is 4.81. The Morgan fingerprint density at radius 2 is 2.05 bits per heavy atom. The molecule has 2 heterocycles. The molecule has 0 aliphatic heterocycles. The number of nitrogens with zero attached hydrogens (tertiary/aromatic N) is 2. The molecule has 0 N–H and O–H groups in total. The molecule has 7 heteroatoms. The fourth-order valence-corrected chi connectivity index (χ4v) is 2.63. The number of furan rings is 1. The molecule has 0 aliphatic rings. The molecule has 108 valence electrons. The zero-order valence-corrected chi connectivity index (χ0v) is 11.7. The van der Waals surface area contributed by atoms with Gasteiger partial charge in [-0.15, -0.1) is 11.8 Å². The van der Waals surface area contributed by atoms with Crippen molar-refractivity contribution in [2.45, 2.75) is 17.1 Å². The lowest BCUT2D eigenvalue weighted by molar-refractivity contribution is 0.379. The van der Waals surface area contributed by atoms with E-state index in [9.17, 15) is 8.78 Å². The van der Waals surface area contributed by atoms with Gasteiger partial charge in [0, 0.05) is 4.90 Å². The van der Waals surface area contributed by atoms with E-state index in [-0.39, 0.29) is 5.25 Å². The highest BCUT2D eigenvalue weighted by Gasteiger charge is 2.18. The molecule has 0 amide bonds. The summed E-state index contributed by atoms with van der Waals surface area (Å²) in [7, 11) is 0. The summed E-state index contributed by atoms with van der Waals surface area (Å²) in [6, 6.07) is 7.18. The minimum atomic E-state index is -0.881. The maximum absolute atomic E-state index is 13.2. The molecule has 0 bridgehead atoms. The lowest BCUT2D eigenvalue weighted by Gasteiger charge is -2.06. The quantitative estimate of drug-likeness (QED) is 0.666. The van der Waals surface area contributed by atoms with Crippen LogP contribution >= 0.6 is 11.8 Å². The normalized spacial score (nSPS) is 12.5. The van der Waals surface area contributed by atoms with E-state index < -0.39 is 11.6 Å². The Hall–Kier alpha value is -2.15. The molecular formula is C14H10F2N2O2S. The summed E-state index contributed by atoms with van der Waals surface area (Å²) < 4.78 is 36.4. The average Bonchev–Trinajstić information content (AvgIpc) is 3.12. The van der Waals surface area contributed by atoms with Gasteiger partial charge in [-0.1, -0.05) is 5.16 Å². The fraction of sp³-hybridized carbons (Fsp3) is 0.143. The van der Waals surface area contributed by atoms with E-state index in [1.165, 1.54) is 24.1 Å². The summed E-state index contributed by atoms with van der Waals surface area (Å²) in [6.07, 6.45) is 1.52. The van der Waals surface area contributed by atoms with Crippen LogP contribution in [0.5, 0.6) is 0 Å². The molecule has 0 spiro atoms. The predicted octanol–water partition coefficient (Wildman–Crippen LogP) is 4.46. The first-order valence-corrected chi connectivity index (χ1v) is 7.00. The first-order chi connectivity index (χ1) is 10.1. The van der Waals surface area contributed by atoms with Crippen molar-refractivity contribution in [3.63, 3.8) is 0 Å². The average molecular weight is 308 g/mol. The standard InChI is InChI=1S/C14H10F2N2O2S/c1-8(21-9-4-5-10(15)11(16)7-9)14-17-13(18-20-14)12-3-2-6-19-12/h2-8H,1H3/t8-/m1/s1. The number of hydrogen-bond acceptors (Lipinski definition) is 5. The molecule has 3 aromatic rings. The van der Waals surface area contributed by atoms with E-state index in [0.29, 0.717) is 22.4 Å². The number of benzene rings is 1. The summed E-state index contributed by atoms with van der Waals surface area (Å²) >= 11 is 1.30. The lowest BCUT2D eigenvalue weighted by Crippen LogP contribution is -1.90. The minimum Gasteiger partial charge on any atom is -0.461 e. The van der Waals surface area contributed by atoms with Gasteiger partial charge in [-0.3, -0.25) is 0 Å². The van der Waals surface area contributed by atoms with Gasteiger partial charge >= 0.3 is 0 Å². The first-order valence-electron chi connectivity index (χ1n) is 6.12. The van der Waals surface area contributed by atoms with Crippen LogP contribution in [0, 0.1) is 11.6 Å². The molecule has 1 aromatic carbocycles. The van der Waals surface area contributed by atoms with Gasteiger partial charge in [-0.2, -0.15) is 4.98 Å². The van der Waals surface area contributed by atoms with Crippen molar-refractivity contribution in [3.8, 4) is 11.6 Å². The summed E-state index contributed by atoms with van der Waals surface area (Å²) in [5, 5.41) is 3.62. The Bertz CT molecular complexity index is 743. The SMILES string of the molecule is C[C@@H](Sc1ccc(F)c(F)c1)c1nc(-c2ccco2)no1. The van der Waals surface area contributed by atoms with Gasteiger partial charge in [0.15, 0.2) is 17.4 Å². The van der Waals surface area contributed by atoms with Crippen LogP contribution in [-0.4, -0.2) is 10.1 Å². The molecule has 21 heavy (non-hydrogen) atoms. The summed E-state index contributed by atoms with van der Waals surface area (Å²) in [6.45, 7) is 1.84. The van der Waals surface area contributed by atoms with Crippen LogP contribution in [0.15, 0.2) is 50.4 Å². The van der Waals surface area contributed by atoms with Gasteiger partial charge < -0.3 is 8.94 Å². The number of thioether (sulfide) groups is 1. The second kappa shape index (κ2) is 5.69. The molecule has 4 nitrogen and oxygen atoms in total. The number of rotatable bonds is 4. The van der Waals surface area contributed by atoms with E-state index >= 15 is 0 Å². The van der Waals surface area contributed by atoms with Crippen LogP contribution in [0.2, 0.25) is 0 Å². The Balaban J connectivity index is 1.76. The van der Waals surface area contributed by atoms with Crippen molar-refractivity contribution in [2.24, 2.45) is 0 Å². The lowest BCUT2D eigenvalue weighted by atomic mass is 10.3. The Kier molecular flexibility index (Phi) is 3.74. The van der Waals surface area contributed by atoms with Gasteiger partial charge in [-0.05, 0) is 37.3 Å². The van der Waals surface area contributed by atoms with Crippen molar-refractivity contribution in [1.82, 2.24) is 10.1 Å². The van der Waals surface area contributed by atoms with Crippen LogP contribution in [0.4, 0.5) is 8.78 Å². The zero-order valence-electron chi connectivity index (χ0n) is 10.9. The van der Waals surface area contributed by atoms with Crippen molar-refractivity contribution in [1.29, 1.82) is 0 Å². The van der Waals surface area contributed by atoms with Crippen LogP contribution < -0.4 is 0 Å². The van der Waals surface area contributed by atoms with Crippen molar-refractivity contribution in [2.75, 3.05) is 0 Å². The first kappa shape index (κ1) is 13.8. The second-order valence-electron chi connectivity index (χ2n) is 4.27. The Morgan fingerprint density at radius 1 is 1.19 bits per heavy atom. The van der Waals surface area contributed by atoms with Crippen LogP contribution in [-0.2, 0) is 0 Å². The van der Waals surface area contributed by atoms with Gasteiger partial charge in [0.1, 0.15) is 0 Å². The van der Waals surface area contributed by atoms with Crippen molar-refractivity contribution >= 4 is 11.8 Å². The maximum atomic E-state index is 13.2. The highest BCUT2D eigenvalue weighted by molar-refractivity contribution is 7.99. The molecule has 1 atom stereocenters. The summed E-state index contributed by atoms with van der Waals surface area (Å²) in [5.74, 6) is -0.502. The molecule has 0 fully saturated rings. The van der Waals surface area contributed by atoms with E-state index in [1.54, 1.807) is 12.1 Å². The number of aromatic nitrogens is 2. The highest BCUT2D eigenvalue weighted by Crippen LogP contribution is 2.35. The monoisotopic (exact) mass is 308 g/mol. The largest absolute Gasteiger partial charge is 0.461 e. The topological polar surface area (TPSA) is 52.1 Å². The van der Waals surface area contributed by atoms with E-state index in [1.807, 2.05) is 6.92 Å². The molecule has 0 saturated carbocycles. The van der Waals surface area contributed by atoms with Gasteiger partial charge in [0.2, 0.25) is 11.7 Å². The third kappa shape index (κ3) is 2.97. The molecule has 0 radical (unpaired) electrons. The fourth-order valence-electron chi connectivity index (χ4n) is 1.71. The zero-order chi connectivity index (χ0) is 14.8. The minimum absolute atomic E-state index is 0.203. The van der Waals surface area contributed by atoms with Crippen LogP contribution in [0.1, 0.15) is 18.1 Å². The van der Waals surface area contributed by atoms with Crippen LogP contribution in [0.3, 0.4) is 0 Å². The van der Waals surface area contributed by atoms with Gasteiger partial charge in [0.25, 0.3) is 0 Å². The van der Waals surface area contributed by atoms with E-state index in [4.69, 9.17) is 8.94 Å². The Morgan fingerprint density at radius 3 is 2.76 bits per heavy atom. The van der Waals surface area contributed by atoms with Crippen molar-refractivity contribution in [3.05, 3.63) is 54.1 Å². The Labute approximate surface area is 123 Å². The van der Waals surface area contributed by atoms with E-state index in [0.717, 1.165) is 12.1 Å².